The summed E-state index contributed by atoms with van der Waals surface area (Å²) >= 11 is 0. The molecule has 0 aliphatic rings. The number of aromatic nitrogens is 2. The van der Waals surface area contributed by atoms with Gasteiger partial charge in [-0.2, -0.15) is 10.2 Å². The first-order valence-electron chi connectivity index (χ1n) is 7.53. The van der Waals surface area contributed by atoms with Crippen molar-refractivity contribution in [2.45, 2.75) is 19.5 Å². The number of nitrogens with zero attached hydrogens (tertiary/aromatic N) is 4. The average Bonchev–Trinajstić information content (AvgIpc) is 3.17. The number of urea groups is 2. The smallest absolute Gasteiger partial charge is 0.332 e. The van der Waals surface area contributed by atoms with Gasteiger partial charge in [-0.1, -0.05) is 0 Å². The van der Waals surface area contributed by atoms with Crippen molar-refractivity contribution >= 4 is 24.5 Å². The lowest BCUT2D eigenvalue weighted by Crippen LogP contribution is -2.24. The molecule has 0 atom stereocenters. The Kier molecular flexibility index (Phi) is 6.34. The maximum absolute atomic E-state index is 10.6. The fourth-order valence-corrected chi connectivity index (χ4v) is 2.23. The van der Waals surface area contributed by atoms with Crippen LogP contribution in [0.4, 0.5) is 9.59 Å². The predicted octanol–water partition coefficient (Wildman–Crippen LogP) is 0.384. The summed E-state index contributed by atoms with van der Waals surface area (Å²) in [6.45, 7) is 1.53. The van der Waals surface area contributed by atoms with E-state index >= 15 is 0 Å². The fourth-order valence-electron chi connectivity index (χ4n) is 2.23. The molecule has 2 heterocycles. The summed E-state index contributed by atoms with van der Waals surface area (Å²) in [6, 6.07) is 6.15. The van der Waals surface area contributed by atoms with Crippen LogP contribution in [0.25, 0.3) is 0 Å². The Labute approximate surface area is 144 Å². The van der Waals surface area contributed by atoms with Crippen molar-refractivity contribution < 1.29 is 9.59 Å². The van der Waals surface area contributed by atoms with E-state index in [4.69, 9.17) is 11.5 Å². The highest BCUT2D eigenvalue weighted by Gasteiger charge is 2.01. The van der Waals surface area contributed by atoms with E-state index in [-0.39, 0.29) is 0 Å². The molecule has 0 radical (unpaired) electrons. The molecule has 0 bridgehead atoms. The van der Waals surface area contributed by atoms with Crippen LogP contribution >= 0.6 is 0 Å². The van der Waals surface area contributed by atoms with Gasteiger partial charge in [0.25, 0.3) is 0 Å². The topological polar surface area (TPSA) is 145 Å². The zero-order valence-electron chi connectivity index (χ0n) is 13.5. The second-order valence-corrected chi connectivity index (χ2v) is 5.07. The van der Waals surface area contributed by atoms with E-state index in [0.717, 1.165) is 30.9 Å². The Morgan fingerprint density at radius 2 is 1.36 bits per heavy atom. The number of hydrazone groups is 2. The summed E-state index contributed by atoms with van der Waals surface area (Å²) in [5, 5.41) is 7.51. The van der Waals surface area contributed by atoms with Crippen molar-refractivity contribution in [3.8, 4) is 0 Å². The highest BCUT2D eigenvalue weighted by molar-refractivity contribution is 5.80. The standard InChI is InChI=1S/C15H20N8O2/c16-14(24)20-18-10-12-4-1-6-22(12)8-3-9-23-7-2-5-13(23)11-19-21-15(17)25/h1-2,4-7,10-11H,3,8-9H2,(H3,16,20,24)(H3,17,21,25)/b18-10+,19-11+. The number of amides is 4. The predicted molar refractivity (Wildman–Crippen MR) is 94.1 cm³/mol. The van der Waals surface area contributed by atoms with Gasteiger partial charge >= 0.3 is 12.1 Å². The van der Waals surface area contributed by atoms with E-state index in [1.165, 1.54) is 12.4 Å². The van der Waals surface area contributed by atoms with Crippen LogP contribution in [0.5, 0.6) is 0 Å². The maximum Gasteiger partial charge on any atom is 0.332 e. The Hall–Kier alpha value is -3.56. The van der Waals surface area contributed by atoms with Crippen LogP contribution in [-0.2, 0) is 13.1 Å². The molecular weight excluding hydrogens is 324 g/mol. The lowest BCUT2D eigenvalue weighted by molar-refractivity contribution is 0.248. The van der Waals surface area contributed by atoms with E-state index in [1.807, 2.05) is 45.8 Å². The fraction of sp³-hybridized carbons (Fsp3) is 0.200. The van der Waals surface area contributed by atoms with Crippen LogP contribution in [0.2, 0.25) is 0 Å². The first-order chi connectivity index (χ1) is 12.1. The van der Waals surface area contributed by atoms with Crippen LogP contribution < -0.4 is 22.3 Å². The summed E-state index contributed by atoms with van der Waals surface area (Å²) in [5.41, 5.74) is 15.9. The van der Waals surface area contributed by atoms with E-state index in [0.29, 0.717) is 0 Å². The highest BCUT2D eigenvalue weighted by atomic mass is 16.2. The van der Waals surface area contributed by atoms with Gasteiger partial charge in [-0.3, -0.25) is 0 Å². The van der Waals surface area contributed by atoms with Crippen molar-refractivity contribution in [2.24, 2.45) is 21.7 Å². The first-order valence-corrected chi connectivity index (χ1v) is 7.53. The highest BCUT2D eigenvalue weighted by Crippen LogP contribution is 2.05. The van der Waals surface area contributed by atoms with Gasteiger partial charge < -0.3 is 20.6 Å². The Morgan fingerprint density at radius 3 is 1.76 bits per heavy atom. The molecule has 0 aromatic carbocycles. The number of carbonyl (C=O) groups is 2. The second-order valence-electron chi connectivity index (χ2n) is 5.07. The number of nitrogens with one attached hydrogen (secondary N) is 2. The normalized spacial score (nSPS) is 11.2. The summed E-state index contributed by atoms with van der Waals surface area (Å²) in [4.78, 5) is 21.2. The van der Waals surface area contributed by atoms with Gasteiger partial charge in [0, 0.05) is 25.5 Å². The van der Waals surface area contributed by atoms with Crippen LogP contribution in [0.15, 0.2) is 46.9 Å². The Morgan fingerprint density at radius 1 is 0.920 bits per heavy atom. The van der Waals surface area contributed by atoms with E-state index in [2.05, 4.69) is 21.1 Å². The zero-order valence-corrected chi connectivity index (χ0v) is 13.5. The largest absolute Gasteiger partial charge is 0.350 e. The second kappa shape index (κ2) is 8.91. The Bertz CT molecular complexity index is 710. The van der Waals surface area contributed by atoms with Gasteiger partial charge in [0.1, 0.15) is 0 Å². The van der Waals surface area contributed by atoms with Crippen LogP contribution in [-0.4, -0.2) is 33.6 Å². The molecule has 2 aromatic rings. The average molecular weight is 344 g/mol. The molecule has 4 amide bonds. The third kappa shape index (κ3) is 5.86. The summed E-state index contributed by atoms with van der Waals surface area (Å²) < 4.78 is 4.02. The molecule has 6 N–H and O–H groups in total. The van der Waals surface area contributed by atoms with Gasteiger partial charge in [-0.25, -0.2) is 20.4 Å². The molecule has 10 heteroatoms. The van der Waals surface area contributed by atoms with Crippen molar-refractivity contribution in [1.29, 1.82) is 0 Å². The molecule has 0 aliphatic carbocycles. The molecule has 2 rings (SSSR count). The number of carbonyl (C=O) groups excluding carboxylic acids is 2. The molecule has 0 saturated heterocycles. The molecule has 132 valence electrons. The maximum atomic E-state index is 10.6. The van der Waals surface area contributed by atoms with E-state index in [9.17, 15) is 9.59 Å². The monoisotopic (exact) mass is 344 g/mol. The van der Waals surface area contributed by atoms with E-state index in [1.54, 1.807) is 0 Å². The van der Waals surface area contributed by atoms with Gasteiger partial charge in [0.2, 0.25) is 0 Å². The van der Waals surface area contributed by atoms with Crippen LogP contribution in [0.1, 0.15) is 17.8 Å². The third-order valence-corrected chi connectivity index (χ3v) is 3.27. The molecule has 0 aliphatic heterocycles. The first kappa shape index (κ1) is 17.8. The molecule has 25 heavy (non-hydrogen) atoms. The van der Waals surface area contributed by atoms with Crippen molar-refractivity contribution in [2.75, 3.05) is 0 Å². The molecule has 10 nitrogen and oxygen atoms in total. The minimum atomic E-state index is -0.706. The number of nitrogens with two attached hydrogens (primary N) is 2. The molecule has 0 saturated carbocycles. The van der Waals surface area contributed by atoms with Crippen molar-refractivity contribution in [3.63, 3.8) is 0 Å². The molecule has 0 spiro atoms. The zero-order chi connectivity index (χ0) is 18.1. The summed E-state index contributed by atoms with van der Waals surface area (Å²) in [5.74, 6) is 0. The number of aryl methyl sites for hydroxylation is 2. The summed E-state index contributed by atoms with van der Waals surface area (Å²) in [6.07, 6.45) is 7.79. The molecule has 0 unspecified atom stereocenters. The lowest BCUT2D eigenvalue weighted by Gasteiger charge is -2.09. The lowest BCUT2D eigenvalue weighted by atomic mass is 10.3. The molecule has 0 fully saturated rings. The molecular formula is C15H20N8O2. The minimum absolute atomic E-state index is 0.706. The van der Waals surface area contributed by atoms with Gasteiger partial charge in [-0.05, 0) is 30.7 Å². The van der Waals surface area contributed by atoms with Crippen LogP contribution in [0, 0.1) is 0 Å². The quantitative estimate of drug-likeness (QED) is 0.405. The van der Waals surface area contributed by atoms with Gasteiger partial charge in [-0.15, -0.1) is 0 Å². The Balaban J connectivity index is 1.88. The van der Waals surface area contributed by atoms with Crippen molar-refractivity contribution in [1.82, 2.24) is 20.0 Å². The number of rotatable bonds is 8. The van der Waals surface area contributed by atoms with Gasteiger partial charge in [0.15, 0.2) is 0 Å². The molecule has 2 aromatic heterocycles. The minimum Gasteiger partial charge on any atom is -0.350 e. The number of primary amides is 2. The van der Waals surface area contributed by atoms with Crippen LogP contribution in [0.3, 0.4) is 0 Å². The summed E-state index contributed by atoms with van der Waals surface area (Å²) in [7, 11) is 0. The van der Waals surface area contributed by atoms with Gasteiger partial charge in [0.05, 0.1) is 23.8 Å². The number of hydrogen-bond donors (Lipinski definition) is 4. The number of hydrogen-bond acceptors (Lipinski definition) is 4. The van der Waals surface area contributed by atoms with Crippen molar-refractivity contribution in [3.05, 3.63) is 48.0 Å². The van der Waals surface area contributed by atoms with E-state index < -0.39 is 12.1 Å². The third-order valence-electron chi connectivity index (χ3n) is 3.27. The SMILES string of the molecule is NC(=O)N/N=C/c1cccn1CCCn1cccc1/C=N/NC(N)=O.